The van der Waals surface area contributed by atoms with Crippen LogP contribution in [-0.2, 0) is 4.79 Å². The van der Waals surface area contributed by atoms with E-state index in [4.69, 9.17) is 41.5 Å². The standard InChI is InChI=1S/C23H16Cl2N2O6S/c1-30-15-7-12(8-16(10-15)31-2)21-26-27-23(33-21)34-20(22(28)29)11-14-4-6-19(32-14)17-5-3-13(24)9-18(17)25/h3-11H,1-2H3,(H,28,29)/b20-11-. The number of benzene rings is 2. The number of ether oxygens (including phenoxy) is 2. The molecule has 34 heavy (non-hydrogen) atoms. The van der Waals surface area contributed by atoms with Gasteiger partial charge < -0.3 is 23.4 Å². The van der Waals surface area contributed by atoms with Gasteiger partial charge in [-0.25, -0.2) is 4.79 Å². The molecule has 0 radical (unpaired) electrons. The van der Waals surface area contributed by atoms with Gasteiger partial charge in [-0.05, 0) is 54.2 Å². The van der Waals surface area contributed by atoms with Gasteiger partial charge in [0.15, 0.2) is 0 Å². The molecule has 2 aromatic carbocycles. The van der Waals surface area contributed by atoms with E-state index in [-0.39, 0.29) is 16.0 Å². The maximum Gasteiger partial charge on any atom is 0.342 e. The molecule has 0 bridgehead atoms. The Hall–Kier alpha value is -3.40. The number of aliphatic carboxylic acids is 1. The average Bonchev–Trinajstić information content (AvgIpc) is 3.48. The molecule has 8 nitrogen and oxygen atoms in total. The highest BCUT2D eigenvalue weighted by molar-refractivity contribution is 8.03. The van der Waals surface area contributed by atoms with E-state index in [1.807, 2.05) is 0 Å². The number of carboxylic acids is 1. The summed E-state index contributed by atoms with van der Waals surface area (Å²) < 4.78 is 21.9. The van der Waals surface area contributed by atoms with Crippen LogP contribution in [0.5, 0.6) is 11.5 Å². The first-order valence-corrected chi connectivity index (χ1v) is 11.2. The lowest BCUT2D eigenvalue weighted by Crippen LogP contribution is -1.96. The van der Waals surface area contributed by atoms with Crippen molar-refractivity contribution in [1.29, 1.82) is 0 Å². The molecule has 0 spiro atoms. The van der Waals surface area contributed by atoms with E-state index in [1.165, 1.54) is 20.3 Å². The monoisotopic (exact) mass is 518 g/mol. The number of furan rings is 1. The lowest BCUT2D eigenvalue weighted by Gasteiger charge is -2.05. The van der Waals surface area contributed by atoms with Crippen LogP contribution in [0, 0.1) is 0 Å². The normalized spacial score (nSPS) is 11.5. The smallest absolute Gasteiger partial charge is 0.342 e. The van der Waals surface area contributed by atoms with E-state index in [9.17, 15) is 9.90 Å². The molecule has 0 aliphatic rings. The quantitative estimate of drug-likeness (QED) is 0.205. The number of carboxylic acid groups (broad SMARTS) is 1. The number of hydrogen-bond donors (Lipinski definition) is 1. The Labute approximate surface area is 208 Å². The third-order valence-electron chi connectivity index (χ3n) is 4.51. The second-order valence-electron chi connectivity index (χ2n) is 6.72. The zero-order valence-corrected chi connectivity index (χ0v) is 20.1. The summed E-state index contributed by atoms with van der Waals surface area (Å²) >= 11 is 13.0. The molecule has 4 rings (SSSR count). The van der Waals surface area contributed by atoms with Crippen LogP contribution in [0.25, 0.3) is 28.9 Å². The van der Waals surface area contributed by atoms with E-state index < -0.39 is 5.97 Å². The summed E-state index contributed by atoms with van der Waals surface area (Å²) in [6.45, 7) is 0. The highest BCUT2D eigenvalue weighted by Crippen LogP contribution is 2.35. The number of hydrogen-bond acceptors (Lipinski definition) is 8. The van der Waals surface area contributed by atoms with Crippen LogP contribution >= 0.6 is 35.0 Å². The van der Waals surface area contributed by atoms with Gasteiger partial charge in [0.1, 0.15) is 27.9 Å². The topological polar surface area (TPSA) is 108 Å². The van der Waals surface area contributed by atoms with Crippen LogP contribution in [-0.4, -0.2) is 35.5 Å². The van der Waals surface area contributed by atoms with E-state index in [0.717, 1.165) is 11.8 Å². The molecule has 2 aromatic heterocycles. The minimum absolute atomic E-state index is 0.0398. The third-order valence-corrected chi connectivity index (χ3v) is 5.91. The van der Waals surface area contributed by atoms with Crippen molar-refractivity contribution >= 4 is 47.0 Å². The Bertz CT molecular complexity index is 1360. The highest BCUT2D eigenvalue weighted by atomic mass is 35.5. The first kappa shape index (κ1) is 23.7. The molecule has 0 aliphatic carbocycles. The Morgan fingerprint density at radius 3 is 2.38 bits per heavy atom. The predicted octanol–water partition coefficient (Wildman–Crippen LogP) is 6.54. The molecule has 11 heteroatoms. The minimum Gasteiger partial charge on any atom is -0.497 e. The molecular weight excluding hydrogens is 503 g/mol. The second-order valence-corrected chi connectivity index (χ2v) is 8.55. The molecule has 1 N–H and O–H groups in total. The van der Waals surface area contributed by atoms with E-state index in [1.54, 1.807) is 48.5 Å². The van der Waals surface area contributed by atoms with Crippen molar-refractivity contribution in [2.45, 2.75) is 5.22 Å². The van der Waals surface area contributed by atoms with Gasteiger partial charge in [0.25, 0.3) is 5.22 Å². The van der Waals surface area contributed by atoms with Gasteiger partial charge in [0.2, 0.25) is 5.89 Å². The summed E-state index contributed by atoms with van der Waals surface area (Å²) in [5, 5.41) is 18.6. The predicted molar refractivity (Wildman–Crippen MR) is 128 cm³/mol. The molecule has 174 valence electrons. The van der Waals surface area contributed by atoms with Crippen molar-refractivity contribution in [1.82, 2.24) is 10.2 Å². The van der Waals surface area contributed by atoms with E-state index in [2.05, 4.69) is 10.2 Å². The number of rotatable bonds is 8. The molecule has 0 amide bonds. The summed E-state index contributed by atoms with van der Waals surface area (Å²) in [5.74, 6) is 0.861. The largest absolute Gasteiger partial charge is 0.497 e. The summed E-state index contributed by atoms with van der Waals surface area (Å²) in [5.41, 5.74) is 1.19. The van der Waals surface area contributed by atoms with E-state index >= 15 is 0 Å². The van der Waals surface area contributed by atoms with Gasteiger partial charge in [0, 0.05) is 28.3 Å². The van der Waals surface area contributed by atoms with Crippen LogP contribution in [0.4, 0.5) is 0 Å². The van der Waals surface area contributed by atoms with Crippen molar-refractivity contribution in [3.63, 3.8) is 0 Å². The molecule has 4 aromatic rings. The zero-order chi connectivity index (χ0) is 24.2. The van der Waals surface area contributed by atoms with Crippen molar-refractivity contribution in [3.8, 4) is 34.3 Å². The lowest BCUT2D eigenvalue weighted by atomic mass is 10.2. The highest BCUT2D eigenvalue weighted by Gasteiger charge is 2.18. The number of aromatic nitrogens is 2. The minimum atomic E-state index is -1.18. The van der Waals surface area contributed by atoms with Gasteiger partial charge in [-0.1, -0.05) is 23.2 Å². The molecule has 0 fully saturated rings. The Kier molecular flexibility index (Phi) is 7.16. The third kappa shape index (κ3) is 5.39. The second kappa shape index (κ2) is 10.3. The summed E-state index contributed by atoms with van der Waals surface area (Å²) in [7, 11) is 3.05. The number of thioether (sulfide) groups is 1. The Morgan fingerprint density at radius 1 is 1.00 bits per heavy atom. The van der Waals surface area contributed by atoms with Gasteiger partial charge >= 0.3 is 5.97 Å². The SMILES string of the molecule is COc1cc(OC)cc(-c2nnc(S/C(=C\c3ccc(-c4ccc(Cl)cc4Cl)o3)C(=O)O)o2)c1. The molecule has 0 saturated heterocycles. The molecular formula is C23H16Cl2N2O6S. The summed E-state index contributed by atoms with van der Waals surface area (Å²) in [6, 6.07) is 13.4. The van der Waals surface area contributed by atoms with Crippen molar-refractivity contribution in [2.75, 3.05) is 14.2 Å². The van der Waals surface area contributed by atoms with Crippen molar-refractivity contribution in [2.24, 2.45) is 0 Å². The average molecular weight is 519 g/mol. The molecule has 0 aliphatic heterocycles. The molecule has 0 saturated carbocycles. The van der Waals surface area contributed by atoms with Crippen molar-refractivity contribution < 1.29 is 28.2 Å². The number of carbonyl (C=O) groups is 1. The van der Waals surface area contributed by atoms with E-state index in [0.29, 0.717) is 44.2 Å². The van der Waals surface area contributed by atoms with Gasteiger partial charge in [-0.2, -0.15) is 0 Å². The van der Waals surface area contributed by atoms with Crippen LogP contribution in [0.1, 0.15) is 5.76 Å². The van der Waals surface area contributed by atoms with Crippen molar-refractivity contribution in [3.05, 3.63) is 69.2 Å². The summed E-state index contributed by atoms with van der Waals surface area (Å²) in [4.78, 5) is 11.7. The maximum absolute atomic E-state index is 11.8. The number of methoxy groups -OCH3 is 2. The lowest BCUT2D eigenvalue weighted by molar-refractivity contribution is -0.131. The summed E-state index contributed by atoms with van der Waals surface area (Å²) in [6.07, 6.45) is 1.36. The first-order valence-electron chi connectivity index (χ1n) is 9.61. The van der Waals surface area contributed by atoms with Gasteiger partial charge in [-0.15, -0.1) is 10.2 Å². The fraction of sp³-hybridized carbons (Fsp3) is 0.0870. The van der Waals surface area contributed by atoms with Gasteiger partial charge in [0.05, 0.1) is 19.2 Å². The van der Waals surface area contributed by atoms with Crippen LogP contribution < -0.4 is 9.47 Å². The van der Waals surface area contributed by atoms with Crippen LogP contribution in [0.2, 0.25) is 10.0 Å². The number of nitrogens with zero attached hydrogens (tertiary/aromatic N) is 2. The fourth-order valence-electron chi connectivity index (χ4n) is 2.92. The van der Waals surface area contributed by atoms with Crippen LogP contribution in [0.15, 0.2) is 67.5 Å². The molecule has 0 atom stereocenters. The first-order chi connectivity index (χ1) is 16.4. The molecule has 0 unspecified atom stereocenters. The van der Waals surface area contributed by atoms with Crippen LogP contribution in [0.3, 0.4) is 0 Å². The maximum atomic E-state index is 11.8. The fourth-order valence-corrected chi connectivity index (χ4v) is 4.08. The van der Waals surface area contributed by atoms with Gasteiger partial charge in [-0.3, -0.25) is 0 Å². The Morgan fingerprint density at radius 2 is 1.74 bits per heavy atom. The Balaban J connectivity index is 1.58. The number of halogens is 2. The zero-order valence-electron chi connectivity index (χ0n) is 17.7. The molecule has 2 heterocycles.